The molecule has 2 aliphatic heterocycles. The number of benzene rings is 2. The highest BCUT2D eigenvalue weighted by molar-refractivity contribution is 6.31. The zero-order chi connectivity index (χ0) is 22.7. The predicted octanol–water partition coefficient (Wildman–Crippen LogP) is 4.99. The lowest BCUT2D eigenvalue weighted by atomic mass is 9.92. The number of carbonyl (C=O) groups is 2. The van der Waals surface area contributed by atoms with Crippen molar-refractivity contribution in [1.29, 1.82) is 0 Å². The molecular formula is C25H29Cl2N3O2. The monoisotopic (exact) mass is 473 g/mol. The first kappa shape index (κ1) is 23.1. The van der Waals surface area contributed by atoms with Crippen LogP contribution in [0.3, 0.4) is 0 Å². The van der Waals surface area contributed by atoms with E-state index in [-0.39, 0.29) is 24.4 Å². The normalized spacial score (nSPS) is 23.5. The van der Waals surface area contributed by atoms with Crippen molar-refractivity contribution < 1.29 is 9.59 Å². The largest absolute Gasteiger partial charge is 0.352 e. The van der Waals surface area contributed by atoms with Crippen molar-refractivity contribution in [2.45, 2.75) is 63.2 Å². The van der Waals surface area contributed by atoms with Crippen LogP contribution in [0.1, 0.15) is 61.0 Å². The van der Waals surface area contributed by atoms with E-state index in [1.807, 2.05) is 12.1 Å². The van der Waals surface area contributed by atoms with Gasteiger partial charge in [0.15, 0.2) is 0 Å². The summed E-state index contributed by atoms with van der Waals surface area (Å²) in [6.07, 6.45) is 5.24. The van der Waals surface area contributed by atoms with Crippen LogP contribution in [0.5, 0.6) is 0 Å². The molecule has 2 aromatic rings. The van der Waals surface area contributed by atoms with Gasteiger partial charge in [-0.05, 0) is 68.0 Å². The van der Waals surface area contributed by atoms with E-state index >= 15 is 0 Å². The molecule has 0 aromatic heterocycles. The van der Waals surface area contributed by atoms with Crippen molar-refractivity contribution in [3.05, 3.63) is 69.7 Å². The molecule has 0 radical (unpaired) electrons. The molecule has 2 fully saturated rings. The molecular weight excluding hydrogens is 445 g/mol. The zero-order valence-electron chi connectivity index (χ0n) is 18.2. The predicted molar refractivity (Wildman–Crippen MR) is 128 cm³/mol. The van der Waals surface area contributed by atoms with Gasteiger partial charge in [-0.3, -0.25) is 14.5 Å². The second-order valence-corrected chi connectivity index (χ2v) is 9.61. The van der Waals surface area contributed by atoms with E-state index in [0.29, 0.717) is 28.7 Å². The fraction of sp³-hybridized carbons (Fsp3) is 0.440. The van der Waals surface area contributed by atoms with Gasteiger partial charge in [-0.15, -0.1) is 0 Å². The molecule has 2 bridgehead atoms. The fourth-order valence-corrected chi connectivity index (χ4v) is 5.63. The molecule has 2 aromatic carbocycles. The molecule has 170 valence electrons. The molecule has 4 rings (SSSR count). The Balaban J connectivity index is 1.31. The number of fused-ring (bicyclic) bond motifs is 2. The Morgan fingerprint density at radius 1 is 1.03 bits per heavy atom. The van der Waals surface area contributed by atoms with Crippen LogP contribution in [0.4, 0.5) is 0 Å². The number of hydrogen-bond donors (Lipinski definition) is 2. The molecule has 0 saturated carbocycles. The summed E-state index contributed by atoms with van der Waals surface area (Å²) in [7, 11) is 0. The van der Waals surface area contributed by atoms with E-state index in [1.165, 1.54) is 5.56 Å². The molecule has 3 unspecified atom stereocenters. The van der Waals surface area contributed by atoms with Gasteiger partial charge in [0.1, 0.15) is 0 Å². The average molecular weight is 474 g/mol. The lowest BCUT2D eigenvalue weighted by molar-refractivity contribution is -0.121. The lowest BCUT2D eigenvalue weighted by Crippen LogP contribution is -2.52. The topological polar surface area (TPSA) is 61.4 Å². The Morgan fingerprint density at radius 3 is 2.34 bits per heavy atom. The van der Waals surface area contributed by atoms with Crippen LogP contribution in [-0.4, -0.2) is 41.4 Å². The van der Waals surface area contributed by atoms with Crippen molar-refractivity contribution in [3.63, 3.8) is 0 Å². The average Bonchev–Trinajstić information content (AvgIpc) is 3.03. The maximum absolute atomic E-state index is 12.5. The number of halogens is 2. The van der Waals surface area contributed by atoms with E-state index in [9.17, 15) is 9.59 Å². The van der Waals surface area contributed by atoms with Crippen molar-refractivity contribution in [3.8, 4) is 0 Å². The van der Waals surface area contributed by atoms with Crippen LogP contribution in [0.25, 0.3) is 0 Å². The lowest BCUT2D eigenvalue weighted by Gasteiger charge is -2.44. The Labute approximate surface area is 199 Å². The minimum atomic E-state index is -0.300. The van der Waals surface area contributed by atoms with Crippen molar-refractivity contribution in [2.24, 2.45) is 0 Å². The van der Waals surface area contributed by atoms with E-state index < -0.39 is 0 Å². The molecule has 2 N–H and O–H groups in total. The third-order valence-electron chi connectivity index (χ3n) is 6.65. The first-order valence-electron chi connectivity index (χ1n) is 11.3. The van der Waals surface area contributed by atoms with Crippen molar-refractivity contribution >= 4 is 35.0 Å². The van der Waals surface area contributed by atoms with Crippen LogP contribution in [0.2, 0.25) is 10.0 Å². The summed E-state index contributed by atoms with van der Waals surface area (Å²) in [5, 5.41) is 7.08. The number of nitrogens with zero attached hydrogens (tertiary/aromatic N) is 1. The SMILES string of the molecule is CCC(c1ccc(Cl)cc1)N1C2CCC1CC(NC(=O)CNC(=O)c1cccc(Cl)c1)C2. The van der Waals surface area contributed by atoms with Crippen LogP contribution in [0, 0.1) is 0 Å². The van der Waals surface area contributed by atoms with Gasteiger partial charge in [0.25, 0.3) is 5.91 Å². The second-order valence-electron chi connectivity index (χ2n) is 8.74. The summed E-state index contributed by atoms with van der Waals surface area (Å²) in [5.41, 5.74) is 1.75. The maximum Gasteiger partial charge on any atom is 0.251 e. The number of amides is 2. The number of nitrogens with one attached hydrogen (secondary N) is 2. The standard InChI is InChI=1S/C25H29Cl2N3O2/c1-2-23(16-6-8-18(26)9-7-16)30-21-10-11-22(30)14-20(13-21)29-24(31)15-28-25(32)17-4-3-5-19(27)12-17/h3-9,12,20-23H,2,10-11,13-15H2,1H3,(H,28,32)(H,29,31). The van der Waals surface area contributed by atoms with Crippen LogP contribution in [-0.2, 0) is 4.79 Å². The van der Waals surface area contributed by atoms with Crippen LogP contribution < -0.4 is 10.6 Å². The summed E-state index contributed by atoms with van der Waals surface area (Å²) in [5.74, 6) is -0.450. The Hall–Kier alpha value is -2.08. The molecule has 2 saturated heterocycles. The molecule has 7 heteroatoms. The van der Waals surface area contributed by atoms with Crippen molar-refractivity contribution in [1.82, 2.24) is 15.5 Å². The summed E-state index contributed by atoms with van der Waals surface area (Å²) in [4.78, 5) is 27.4. The fourth-order valence-electron chi connectivity index (χ4n) is 5.31. The smallest absolute Gasteiger partial charge is 0.251 e. The van der Waals surface area contributed by atoms with Crippen LogP contribution in [0.15, 0.2) is 48.5 Å². The number of hydrogen-bond acceptors (Lipinski definition) is 3. The first-order valence-corrected chi connectivity index (χ1v) is 12.1. The van der Waals surface area contributed by atoms with E-state index in [2.05, 4.69) is 34.6 Å². The molecule has 0 spiro atoms. The van der Waals surface area contributed by atoms with Gasteiger partial charge in [0, 0.05) is 39.8 Å². The molecule has 5 nitrogen and oxygen atoms in total. The molecule has 2 heterocycles. The van der Waals surface area contributed by atoms with Gasteiger partial charge in [-0.2, -0.15) is 0 Å². The Bertz CT molecular complexity index is 952. The molecule has 0 aliphatic carbocycles. The molecule has 2 amide bonds. The minimum absolute atomic E-state index is 0.0384. The van der Waals surface area contributed by atoms with Gasteiger partial charge in [-0.1, -0.05) is 48.3 Å². The highest BCUT2D eigenvalue weighted by Crippen LogP contribution is 2.42. The summed E-state index contributed by atoms with van der Waals surface area (Å²) in [6.45, 7) is 2.19. The Morgan fingerprint density at radius 2 is 1.72 bits per heavy atom. The zero-order valence-corrected chi connectivity index (χ0v) is 19.7. The highest BCUT2D eigenvalue weighted by Gasteiger charge is 2.44. The summed E-state index contributed by atoms with van der Waals surface area (Å²) in [6, 6.07) is 16.3. The molecule has 3 atom stereocenters. The van der Waals surface area contributed by atoms with Gasteiger partial charge in [-0.25, -0.2) is 0 Å². The third-order valence-corrected chi connectivity index (χ3v) is 7.14. The highest BCUT2D eigenvalue weighted by atomic mass is 35.5. The Kier molecular flexibility index (Phi) is 7.39. The van der Waals surface area contributed by atoms with Gasteiger partial charge in [0.05, 0.1) is 6.54 Å². The first-order chi connectivity index (χ1) is 15.4. The summed E-state index contributed by atoms with van der Waals surface area (Å²) >= 11 is 12.0. The molecule has 32 heavy (non-hydrogen) atoms. The number of rotatable bonds is 7. The third kappa shape index (κ3) is 5.28. The van der Waals surface area contributed by atoms with Crippen LogP contribution >= 0.6 is 23.2 Å². The van der Waals surface area contributed by atoms with Crippen molar-refractivity contribution in [2.75, 3.05) is 6.54 Å². The quantitative estimate of drug-likeness (QED) is 0.595. The number of carbonyl (C=O) groups excluding carboxylic acids is 2. The second kappa shape index (κ2) is 10.2. The van der Waals surface area contributed by atoms with Gasteiger partial charge >= 0.3 is 0 Å². The maximum atomic E-state index is 12.5. The molecule has 2 aliphatic rings. The van der Waals surface area contributed by atoms with Gasteiger partial charge in [0.2, 0.25) is 5.91 Å². The van der Waals surface area contributed by atoms with Gasteiger partial charge < -0.3 is 10.6 Å². The van der Waals surface area contributed by atoms with E-state index in [1.54, 1.807) is 24.3 Å². The van der Waals surface area contributed by atoms with E-state index in [4.69, 9.17) is 23.2 Å². The minimum Gasteiger partial charge on any atom is -0.352 e. The number of piperidine rings is 1. The summed E-state index contributed by atoms with van der Waals surface area (Å²) < 4.78 is 0. The van der Waals surface area contributed by atoms with E-state index in [0.717, 1.165) is 37.1 Å².